The molecule has 0 spiro atoms. The molecule has 2 aromatic heterocycles. The SMILES string of the molecule is COc1ccccc1C(=O)Nc1ccc(NCCc2c[nH]c3ccccc23)nn1. The van der Waals surface area contributed by atoms with E-state index in [1.54, 1.807) is 30.3 Å². The summed E-state index contributed by atoms with van der Waals surface area (Å²) in [6.45, 7) is 0.726. The van der Waals surface area contributed by atoms with Crippen LogP contribution in [0.1, 0.15) is 15.9 Å². The van der Waals surface area contributed by atoms with Crippen molar-refractivity contribution < 1.29 is 9.53 Å². The van der Waals surface area contributed by atoms with Crippen LogP contribution < -0.4 is 15.4 Å². The lowest BCUT2D eigenvalue weighted by Gasteiger charge is -2.09. The van der Waals surface area contributed by atoms with Crippen molar-refractivity contribution in [2.45, 2.75) is 6.42 Å². The first-order valence-electron chi connectivity index (χ1n) is 9.31. The van der Waals surface area contributed by atoms with Crippen LogP contribution >= 0.6 is 0 Å². The van der Waals surface area contributed by atoms with Crippen molar-refractivity contribution in [1.82, 2.24) is 15.2 Å². The van der Waals surface area contributed by atoms with Gasteiger partial charge in [-0.1, -0.05) is 30.3 Å². The molecule has 0 radical (unpaired) electrons. The molecule has 7 nitrogen and oxygen atoms in total. The standard InChI is InChI=1S/C22H21N5O2/c1-29-19-9-5-3-7-17(19)22(28)25-21-11-10-20(26-27-21)23-13-12-15-14-24-18-8-4-2-6-16(15)18/h2-11,14,24H,12-13H2,1H3,(H,23,26)(H,25,27,28). The first kappa shape index (κ1) is 18.5. The first-order valence-corrected chi connectivity index (χ1v) is 9.31. The molecule has 3 N–H and O–H groups in total. The van der Waals surface area contributed by atoms with E-state index in [-0.39, 0.29) is 5.91 Å². The van der Waals surface area contributed by atoms with Gasteiger partial charge in [-0.05, 0) is 42.3 Å². The van der Waals surface area contributed by atoms with Crippen LogP contribution in [0.3, 0.4) is 0 Å². The van der Waals surface area contributed by atoms with Gasteiger partial charge in [-0.2, -0.15) is 0 Å². The van der Waals surface area contributed by atoms with E-state index in [0.717, 1.165) is 18.5 Å². The monoisotopic (exact) mass is 387 g/mol. The minimum atomic E-state index is -0.295. The van der Waals surface area contributed by atoms with Gasteiger partial charge in [0.05, 0.1) is 12.7 Å². The predicted molar refractivity (Wildman–Crippen MR) is 113 cm³/mol. The zero-order chi connectivity index (χ0) is 20.1. The molecule has 7 heteroatoms. The Morgan fingerprint density at radius 2 is 1.76 bits per heavy atom. The maximum atomic E-state index is 12.4. The van der Waals surface area contributed by atoms with Crippen molar-refractivity contribution in [1.29, 1.82) is 0 Å². The van der Waals surface area contributed by atoms with E-state index >= 15 is 0 Å². The van der Waals surface area contributed by atoms with Crippen molar-refractivity contribution >= 4 is 28.4 Å². The van der Waals surface area contributed by atoms with Gasteiger partial charge >= 0.3 is 0 Å². The minimum absolute atomic E-state index is 0.295. The number of hydrogen-bond donors (Lipinski definition) is 3. The Morgan fingerprint density at radius 1 is 1.00 bits per heavy atom. The molecule has 0 aliphatic heterocycles. The summed E-state index contributed by atoms with van der Waals surface area (Å²) in [5.41, 5.74) is 2.83. The number of carbonyl (C=O) groups is 1. The lowest BCUT2D eigenvalue weighted by Crippen LogP contribution is -2.15. The van der Waals surface area contributed by atoms with Crippen LogP contribution in [0.2, 0.25) is 0 Å². The van der Waals surface area contributed by atoms with Crippen LogP contribution in [-0.2, 0) is 6.42 Å². The molecular formula is C22H21N5O2. The average Bonchev–Trinajstić information content (AvgIpc) is 3.18. The molecule has 2 aromatic carbocycles. The summed E-state index contributed by atoms with van der Waals surface area (Å²) in [4.78, 5) is 15.7. The fourth-order valence-electron chi connectivity index (χ4n) is 3.17. The van der Waals surface area contributed by atoms with Crippen molar-refractivity contribution in [3.05, 3.63) is 78.0 Å². The molecule has 29 heavy (non-hydrogen) atoms. The highest BCUT2D eigenvalue weighted by Gasteiger charge is 2.12. The van der Waals surface area contributed by atoms with Crippen LogP contribution in [0.15, 0.2) is 66.9 Å². The van der Waals surface area contributed by atoms with Gasteiger partial charge in [0.2, 0.25) is 0 Å². The molecule has 0 fully saturated rings. The van der Waals surface area contributed by atoms with Gasteiger partial charge < -0.3 is 20.4 Å². The number of ether oxygens (including phenoxy) is 1. The van der Waals surface area contributed by atoms with E-state index in [9.17, 15) is 4.79 Å². The van der Waals surface area contributed by atoms with E-state index in [1.807, 2.05) is 24.4 Å². The second kappa shape index (κ2) is 8.43. The Labute approximate surface area is 168 Å². The van der Waals surface area contributed by atoms with E-state index in [0.29, 0.717) is 22.9 Å². The lowest BCUT2D eigenvalue weighted by atomic mass is 10.1. The third kappa shape index (κ3) is 4.19. The summed E-state index contributed by atoms with van der Waals surface area (Å²) in [6, 6.07) is 18.8. The first-order chi connectivity index (χ1) is 14.2. The van der Waals surface area contributed by atoms with Gasteiger partial charge in [0.15, 0.2) is 5.82 Å². The molecule has 4 rings (SSSR count). The highest BCUT2D eigenvalue weighted by Crippen LogP contribution is 2.19. The van der Waals surface area contributed by atoms with Gasteiger partial charge in [0.25, 0.3) is 5.91 Å². The molecule has 1 amide bonds. The zero-order valence-electron chi connectivity index (χ0n) is 16.0. The number of hydrogen-bond acceptors (Lipinski definition) is 5. The largest absolute Gasteiger partial charge is 0.496 e. The number of methoxy groups -OCH3 is 1. The number of aromatic amines is 1. The zero-order valence-corrected chi connectivity index (χ0v) is 16.0. The predicted octanol–water partition coefficient (Wildman–Crippen LogP) is 3.87. The summed E-state index contributed by atoms with van der Waals surface area (Å²) in [5, 5.41) is 15.4. The third-order valence-electron chi connectivity index (χ3n) is 4.63. The number of nitrogens with one attached hydrogen (secondary N) is 3. The molecule has 0 saturated carbocycles. The molecule has 4 aromatic rings. The smallest absolute Gasteiger partial charge is 0.260 e. The van der Waals surface area contributed by atoms with Crippen LogP contribution in [0.4, 0.5) is 11.6 Å². The molecule has 0 unspecified atom stereocenters. The van der Waals surface area contributed by atoms with E-state index in [1.165, 1.54) is 18.1 Å². The maximum absolute atomic E-state index is 12.4. The summed E-state index contributed by atoms with van der Waals surface area (Å²) < 4.78 is 5.22. The minimum Gasteiger partial charge on any atom is -0.496 e. The van der Waals surface area contributed by atoms with Gasteiger partial charge in [-0.15, -0.1) is 10.2 Å². The summed E-state index contributed by atoms with van der Waals surface area (Å²) >= 11 is 0. The number of amides is 1. The summed E-state index contributed by atoms with van der Waals surface area (Å²) in [7, 11) is 1.53. The number of H-pyrrole nitrogens is 1. The third-order valence-corrected chi connectivity index (χ3v) is 4.63. The Hall–Kier alpha value is -3.87. The maximum Gasteiger partial charge on any atom is 0.260 e. The molecule has 0 aliphatic carbocycles. The quantitative estimate of drug-likeness (QED) is 0.448. The van der Waals surface area contributed by atoms with Crippen molar-refractivity contribution in [3.63, 3.8) is 0 Å². The number of anilines is 2. The van der Waals surface area contributed by atoms with Gasteiger partial charge in [-0.25, -0.2) is 0 Å². The Kier molecular flexibility index (Phi) is 5.38. The average molecular weight is 387 g/mol. The number of para-hydroxylation sites is 2. The fourth-order valence-corrected chi connectivity index (χ4v) is 3.17. The van der Waals surface area contributed by atoms with Crippen LogP contribution in [0.5, 0.6) is 5.75 Å². The van der Waals surface area contributed by atoms with Gasteiger partial charge in [0.1, 0.15) is 11.6 Å². The fraction of sp³-hybridized carbons (Fsp3) is 0.136. The highest BCUT2D eigenvalue weighted by molar-refractivity contribution is 6.05. The van der Waals surface area contributed by atoms with Crippen molar-refractivity contribution in [3.8, 4) is 5.75 Å². The summed E-state index contributed by atoms with van der Waals surface area (Å²) in [6.07, 6.45) is 2.90. The van der Waals surface area contributed by atoms with E-state index in [2.05, 4.69) is 37.9 Å². The van der Waals surface area contributed by atoms with Crippen LogP contribution in [-0.4, -0.2) is 34.7 Å². The highest BCUT2D eigenvalue weighted by atomic mass is 16.5. The Morgan fingerprint density at radius 3 is 2.59 bits per heavy atom. The normalized spacial score (nSPS) is 10.7. The summed E-state index contributed by atoms with van der Waals surface area (Å²) in [5.74, 6) is 1.24. The Balaban J connectivity index is 1.34. The van der Waals surface area contributed by atoms with Gasteiger partial charge in [0, 0.05) is 23.6 Å². The van der Waals surface area contributed by atoms with E-state index in [4.69, 9.17) is 4.74 Å². The van der Waals surface area contributed by atoms with Crippen molar-refractivity contribution in [2.24, 2.45) is 0 Å². The number of fused-ring (bicyclic) bond motifs is 1. The number of aromatic nitrogens is 3. The number of carbonyl (C=O) groups excluding carboxylic acids is 1. The van der Waals surface area contributed by atoms with Crippen LogP contribution in [0.25, 0.3) is 10.9 Å². The van der Waals surface area contributed by atoms with E-state index < -0.39 is 0 Å². The second-order valence-corrected chi connectivity index (χ2v) is 6.49. The molecule has 0 saturated heterocycles. The molecule has 0 bridgehead atoms. The number of rotatable bonds is 7. The lowest BCUT2D eigenvalue weighted by molar-refractivity contribution is 0.102. The molecule has 146 valence electrons. The topological polar surface area (TPSA) is 91.9 Å². The number of benzene rings is 2. The second-order valence-electron chi connectivity index (χ2n) is 6.49. The van der Waals surface area contributed by atoms with Crippen molar-refractivity contribution in [2.75, 3.05) is 24.3 Å². The molecule has 0 aliphatic rings. The van der Waals surface area contributed by atoms with Gasteiger partial charge in [-0.3, -0.25) is 4.79 Å². The van der Waals surface area contributed by atoms with Crippen LogP contribution in [0, 0.1) is 0 Å². The Bertz CT molecular complexity index is 1120. The number of nitrogens with zero attached hydrogens (tertiary/aromatic N) is 2. The molecule has 0 atom stereocenters. The molecule has 2 heterocycles. The molecular weight excluding hydrogens is 366 g/mol.